The van der Waals surface area contributed by atoms with E-state index < -0.39 is 0 Å². The van der Waals surface area contributed by atoms with Gasteiger partial charge in [-0.25, -0.2) is 0 Å². The highest BCUT2D eigenvalue weighted by molar-refractivity contribution is 5.94. The molecule has 1 N–H and O–H groups in total. The van der Waals surface area contributed by atoms with E-state index in [4.69, 9.17) is 0 Å². The molecule has 1 aliphatic carbocycles. The molecule has 0 bridgehead atoms. The SMILES string of the molecule is Cn1ccc(C(=O)NC2CC2c2ccccc2)cc1=O. The Bertz CT molecular complexity index is 691. The first kappa shape index (κ1) is 12.7. The van der Waals surface area contributed by atoms with E-state index in [0.717, 1.165) is 6.42 Å². The lowest BCUT2D eigenvalue weighted by molar-refractivity contribution is 0.0950. The van der Waals surface area contributed by atoms with Gasteiger partial charge in [0.25, 0.3) is 11.5 Å². The number of carbonyl (C=O) groups excluding carboxylic acids is 1. The Morgan fingerprint density at radius 2 is 2.00 bits per heavy atom. The van der Waals surface area contributed by atoms with Crippen LogP contribution in [-0.2, 0) is 7.05 Å². The van der Waals surface area contributed by atoms with E-state index in [1.807, 2.05) is 18.2 Å². The molecule has 2 atom stereocenters. The second-order valence-electron chi connectivity index (χ2n) is 5.20. The number of pyridine rings is 1. The number of carbonyl (C=O) groups is 1. The Morgan fingerprint density at radius 3 is 2.70 bits per heavy atom. The first-order chi connectivity index (χ1) is 9.65. The second kappa shape index (κ2) is 4.96. The number of nitrogens with one attached hydrogen (secondary N) is 1. The standard InChI is InChI=1S/C16H16N2O2/c1-18-8-7-12(9-15(18)19)16(20)17-14-10-13(14)11-5-3-2-4-6-11/h2-9,13-14H,10H2,1H3,(H,17,20). The maximum Gasteiger partial charge on any atom is 0.251 e. The quantitative estimate of drug-likeness (QED) is 0.920. The Morgan fingerprint density at radius 1 is 1.25 bits per heavy atom. The number of aromatic nitrogens is 1. The van der Waals surface area contributed by atoms with Gasteiger partial charge in [-0.2, -0.15) is 0 Å². The maximum absolute atomic E-state index is 12.1. The highest BCUT2D eigenvalue weighted by atomic mass is 16.2. The van der Waals surface area contributed by atoms with Crippen LogP contribution in [0.5, 0.6) is 0 Å². The summed E-state index contributed by atoms with van der Waals surface area (Å²) in [5.74, 6) is 0.220. The predicted octanol–water partition coefficient (Wildman–Crippen LogP) is 1.67. The van der Waals surface area contributed by atoms with E-state index >= 15 is 0 Å². The van der Waals surface area contributed by atoms with Crippen LogP contribution in [-0.4, -0.2) is 16.5 Å². The lowest BCUT2D eigenvalue weighted by Crippen LogP contribution is -2.28. The first-order valence-corrected chi connectivity index (χ1v) is 6.67. The number of nitrogens with zero attached hydrogens (tertiary/aromatic N) is 1. The lowest BCUT2D eigenvalue weighted by Gasteiger charge is -2.05. The van der Waals surface area contributed by atoms with Gasteiger partial charge in [0.05, 0.1) is 0 Å². The van der Waals surface area contributed by atoms with Crippen molar-refractivity contribution >= 4 is 5.91 Å². The van der Waals surface area contributed by atoms with Crippen molar-refractivity contribution in [3.05, 3.63) is 70.1 Å². The van der Waals surface area contributed by atoms with Crippen LogP contribution in [0.3, 0.4) is 0 Å². The Labute approximate surface area is 117 Å². The summed E-state index contributed by atoms with van der Waals surface area (Å²) in [5.41, 5.74) is 1.50. The molecular formula is C16H16N2O2. The third kappa shape index (κ3) is 2.50. The van der Waals surface area contributed by atoms with Crippen LogP contribution in [0, 0.1) is 0 Å². The molecule has 2 unspecified atom stereocenters. The number of hydrogen-bond acceptors (Lipinski definition) is 2. The predicted molar refractivity (Wildman–Crippen MR) is 76.7 cm³/mol. The molecule has 4 heteroatoms. The molecule has 1 fully saturated rings. The van der Waals surface area contributed by atoms with Crippen molar-refractivity contribution in [3.8, 4) is 0 Å². The number of amides is 1. The van der Waals surface area contributed by atoms with Crippen molar-refractivity contribution in [2.45, 2.75) is 18.4 Å². The zero-order chi connectivity index (χ0) is 14.1. The molecular weight excluding hydrogens is 252 g/mol. The monoisotopic (exact) mass is 268 g/mol. The van der Waals surface area contributed by atoms with E-state index in [1.165, 1.54) is 16.2 Å². The van der Waals surface area contributed by atoms with Crippen LogP contribution in [0.1, 0.15) is 28.3 Å². The Balaban J connectivity index is 1.66. The third-order valence-corrected chi connectivity index (χ3v) is 3.70. The Kier molecular flexibility index (Phi) is 3.14. The van der Waals surface area contributed by atoms with Gasteiger partial charge in [-0.15, -0.1) is 0 Å². The molecule has 1 amide bonds. The number of rotatable bonds is 3. The summed E-state index contributed by atoms with van der Waals surface area (Å²) in [6, 6.07) is 13.4. The zero-order valence-corrected chi connectivity index (χ0v) is 11.2. The van der Waals surface area contributed by atoms with Crippen LogP contribution >= 0.6 is 0 Å². The van der Waals surface area contributed by atoms with Crippen LogP contribution in [0.4, 0.5) is 0 Å². The molecule has 1 aromatic heterocycles. The Hall–Kier alpha value is -2.36. The molecule has 0 aliphatic heterocycles. The van der Waals surface area contributed by atoms with Crippen molar-refractivity contribution in [2.24, 2.45) is 7.05 Å². The molecule has 4 nitrogen and oxygen atoms in total. The number of hydrogen-bond donors (Lipinski definition) is 1. The molecule has 1 aliphatic rings. The summed E-state index contributed by atoms with van der Waals surface area (Å²) in [7, 11) is 1.66. The van der Waals surface area contributed by atoms with Gasteiger partial charge in [-0.1, -0.05) is 30.3 Å². The molecule has 3 rings (SSSR count). The summed E-state index contributed by atoms with van der Waals surface area (Å²) in [5, 5.41) is 2.98. The van der Waals surface area contributed by atoms with Crippen molar-refractivity contribution in [2.75, 3.05) is 0 Å². The van der Waals surface area contributed by atoms with Gasteiger partial charge >= 0.3 is 0 Å². The van der Waals surface area contributed by atoms with E-state index in [-0.39, 0.29) is 17.5 Å². The van der Waals surface area contributed by atoms with Gasteiger partial charge in [0.2, 0.25) is 0 Å². The zero-order valence-electron chi connectivity index (χ0n) is 11.2. The first-order valence-electron chi connectivity index (χ1n) is 6.67. The van der Waals surface area contributed by atoms with Gasteiger partial charge in [-0.3, -0.25) is 9.59 Å². The van der Waals surface area contributed by atoms with Crippen LogP contribution < -0.4 is 10.9 Å². The summed E-state index contributed by atoms with van der Waals surface area (Å²) >= 11 is 0. The van der Waals surface area contributed by atoms with E-state index in [2.05, 4.69) is 17.4 Å². The highest BCUT2D eigenvalue weighted by Gasteiger charge is 2.39. The minimum absolute atomic E-state index is 0.173. The fourth-order valence-corrected chi connectivity index (χ4v) is 2.36. The van der Waals surface area contributed by atoms with Gasteiger partial charge in [-0.05, 0) is 18.1 Å². The van der Waals surface area contributed by atoms with Crippen LogP contribution in [0.15, 0.2) is 53.5 Å². The average molecular weight is 268 g/mol. The fraction of sp³-hybridized carbons (Fsp3) is 0.250. The van der Waals surface area contributed by atoms with Crippen LogP contribution in [0.2, 0.25) is 0 Å². The molecule has 102 valence electrons. The second-order valence-corrected chi connectivity index (χ2v) is 5.20. The van der Waals surface area contributed by atoms with Crippen molar-refractivity contribution in [1.82, 2.24) is 9.88 Å². The number of aryl methyl sites for hydroxylation is 1. The fourth-order valence-electron chi connectivity index (χ4n) is 2.36. The average Bonchev–Trinajstić information content (AvgIpc) is 3.22. The summed E-state index contributed by atoms with van der Waals surface area (Å²) in [6.45, 7) is 0. The third-order valence-electron chi connectivity index (χ3n) is 3.70. The maximum atomic E-state index is 12.1. The molecule has 2 aromatic rings. The molecule has 1 aromatic carbocycles. The van der Waals surface area contributed by atoms with E-state index in [1.54, 1.807) is 19.3 Å². The van der Waals surface area contributed by atoms with Gasteiger partial charge in [0, 0.05) is 36.8 Å². The smallest absolute Gasteiger partial charge is 0.251 e. The van der Waals surface area contributed by atoms with Crippen molar-refractivity contribution < 1.29 is 4.79 Å². The van der Waals surface area contributed by atoms with Gasteiger partial charge < -0.3 is 9.88 Å². The van der Waals surface area contributed by atoms with Crippen LogP contribution in [0.25, 0.3) is 0 Å². The molecule has 0 saturated heterocycles. The molecule has 1 heterocycles. The summed E-state index contributed by atoms with van der Waals surface area (Å²) in [6.07, 6.45) is 2.57. The van der Waals surface area contributed by atoms with E-state index in [0.29, 0.717) is 11.5 Å². The lowest BCUT2D eigenvalue weighted by atomic mass is 10.1. The van der Waals surface area contributed by atoms with E-state index in [9.17, 15) is 9.59 Å². The summed E-state index contributed by atoms with van der Waals surface area (Å²) in [4.78, 5) is 23.6. The summed E-state index contributed by atoms with van der Waals surface area (Å²) < 4.78 is 1.45. The minimum Gasteiger partial charge on any atom is -0.349 e. The normalized spacial score (nSPS) is 20.4. The van der Waals surface area contributed by atoms with Crippen molar-refractivity contribution in [3.63, 3.8) is 0 Å². The minimum atomic E-state index is -0.175. The van der Waals surface area contributed by atoms with Gasteiger partial charge in [0.1, 0.15) is 0 Å². The molecule has 1 saturated carbocycles. The molecule has 0 spiro atoms. The topological polar surface area (TPSA) is 51.1 Å². The van der Waals surface area contributed by atoms with Gasteiger partial charge in [0.15, 0.2) is 0 Å². The number of benzene rings is 1. The molecule has 0 radical (unpaired) electrons. The largest absolute Gasteiger partial charge is 0.349 e. The molecule has 20 heavy (non-hydrogen) atoms. The highest BCUT2D eigenvalue weighted by Crippen LogP contribution is 2.40. The van der Waals surface area contributed by atoms with Crippen molar-refractivity contribution in [1.29, 1.82) is 0 Å².